The average Bonchev–Trinajstić information content (AvgIpc) is 3.10. The van der Waals surface area contributed by atoms with Gasteiger partial charge in [0, 0.05) is 11.4 Å². The number of aliphatic hydroxyl groups is 1. The smallest absolute Gasteiger partial charge is 0.417 e. The maximum absolute atomic E-state index is 13.3. The van der Waals surface area contributed by atoms with Gasteiger partial charge in [-0.15, -0.1) is 12.3 Å². The number of cyclic esters (lactones) is 1. The first-order valence-corrected chi connectivity index (χ1v) is 9.32. The van der Waals surface area contributed by atoms with Gasteiger partial charge in [-0.25, -0.2) is 9.69 Å². The number of terminal acetylenes is 1. The van der Waals surface area contributed by atoms with Crippen molar-refractivity contribution in [1.29, 1.82) is 0 Å². The Bertz CT molecular complexity index is 876. The van der Waals surface area contributed by atoms with Gasteiger partial charge in [-0.05, 0) is 29.7 Å². The number of hydrogen-bond acceptors (Lipinski definition) is 4. The Kier molecular flexibility index (Phi) is 6.35. The largest absolute Gasteiger partial charge is 0.446 e. The zero-order valence-electron chi connectivity index (χ0n) is 15.1. The van der Waals surface area contributed by atoms with Crippen molar-refractivity contribution < 1.29 is 19.4 Å². The molecular formula is C22H20ClNO4. The first kappa shape index (κ1) is 19.9. The first-order valence-electron chi connectivity index (χ1n) is 8.94. The van der Waals surface area contributed by atoms with E-state index < -0.39 is 30.1 Å². The molecular weight excluding hydrogens is 378 g/mol. The maximum atomic E-state index is 13.3. The van der Waals surface area contributed by atoms with Gasteiger partial charge < -0.3 is 9.84 Å². The van der Waals surface area contributed by atoms with Crippen LogP contribution >= 0.6 is 11.6 Å². The monoisotopic (exact) mass is 397 g/mol. The quantitative estimate of drug-likeness (QED) is 0.744. The van der Waals surface area contributed by atoms with Gasteiger partial charge in [0.2, 0.25) is 5.91 Å². The summed E-state index contributed by atoms with van der Waals surface area (Å²) in [5, 5.41) is 11.4. The van der Waals surface area contributed by atoms with E-state index in [4.69, 9.17) is 22.8 Å². The molecule has 2 amide bonds. The van der Waals surface area contributed by atoms with Gasteiger partial charge in [-0.1, -0.05) is 54.1 Å². The summed E-state index contributed by atoms with van der Waals surface area (Å²) in [5.74, 6) is 1.11. The van der Waals surface area contributed by atoms with Crippen LogP contribution in [0.4, 0.5) is 4.79 Å². The highest BCUT2D eigenvalue weighted by Crippen LogP contribution is 2.34. The molecule has 1 fully saturated rings. The van der Waals surface area contributed by atoms with Crippen LogP contribution in [0.3, 0.4) is 0 Å². The molecule has 6 heteroatoms. The van der Waals surface area contributed by atoms with Crippen molar-refractivity contribution in [3.8, 4) is 12.3 Å². The molecule has 0 aromatic heterocycles. The van der Waals surface area contributed by atoms with Crippen molar-refractivity contribution in [2.24, 2.45) is 5.92 Å². The minimum atomic E-state index is -1.12. The third-order valence-electron chi connectivity index (χ3n) is 4.80. The number of rotatable bonds is 6. The number of halogens is 1. The Morgan fingerprint density at radius 2 is 1.93 bits per heavy atom. The SMILES string of the molecule is C#CCC[C@@H](C(=O)N1C(=O)OC[C@@H]1c1ccccc1)[C@H](O)c1ccc(Cl)cc1. The summed E-state index contributed by atoms with van der Waals surface area (Å²) < 4.78 is 5.14. The summed E-state index contributed by atoms with van der Waals surface area (Å²) in [5.41, 5.74) is 1.32. The molecule has 0 bridgehead atoms. The molecule has 1 aliphatic heterocycles. The van der Waals surface area contributed by atoms with Gasteiger partial charge in [0.15, 0.2) is 0 Å². The first-order chi connectivity index (χ1) is 13.5. The topological polar surface area (TPSA) is 66.8 Å². The van der Waals surface area contributed by atoms with Gasteiger partial charge in [0.1, 0.15) is 12.6 Å². The van der Waals surface area contributed by atoms with E-state index in [1.165, 1.54) is 0 Å². The lowest BCUT2D eigenvalue weighted by atomic mass is 9.89. The Labute approximate surface area is 168 Å². The van der Waals surface area contributed by atoms with Crippen LogP contribution in [0.25, 0.3) is 0 Å². The molecule has 0 aliphatic carbocycles. The van der Waals surface area contributed by atoms with E-state index in [0.29, 0.717) is 17.0 Å². The molecule has 3 atom stereocenters. The summed E-state index contributed by atoms with van der Waals surface area (Å²) in [6, 6.07) is 15.2. The predicted molar refractivity (Wildman–Crippen MR) is 105 cm³/mol. The fourth-order valence-electron chi connectivity index (χ4n) is 3.31. The maximum Gasteiger partial charge on any atom is 0.417 e. The minimum Gasteiger partial charge on any atom is -0.446 e. The van der Waals surface area contributed by atoms with Crippen molar-refractivity contribution >= 4 is 23.6 Å². The lowest BCUT2D eigenvalue weighted by Crippen LogP contribution is -2.40. The molecule has 0 unspecified atom stereocenters. The highest BCUT2D eigenvalue weighted by Gasteiger charge is 2.43. The second-order valence-corrected chi connectivity index (χ2v) is 6.99. The zero-order chi connectivity index (χ0) is 20.1. The molecule has 1 N–H and O–H groups in total. The highest BCUT2D eigenvalue weighted by atomic mass is 35.5. The molecule has 5 nitrogen and oxygen atoms in total. The van der Waals surface area contributed by atoms with E-state index in [2.05, 4.69) is 5.92 Å². The molecule has 1 saturated heterocycles. The molecule has 3 rings (SSSR count). The fourth-order valence-corrected chi connectivity index (χ4v) is 3.44. The van der Waals surface area contributed by atoms with Crippen molar-refractivity contribution in [3.05, 3.63) is 70.7 Å². The number of carbonyl (C=O) groups excluding carboxylic acids is 2. The zero-order valence-corrected chi connectivity index (χ0v) is 15.9. The van der Waals surface area contributed by atoms with Crippen molar-refractivity contribution in [2.75, 3.05) is 6.61 Å². The Hall–Kier alpha value is -2.81. The number of carbonyl (C=O) groups is 2. The van der Waals surface area contributed by atoms with E-state index in [1.807, 2.05) is 30.3 Å². The van der Waals surface area contributed by atoms with Crippen molar-refractivity contribution in [2.45, 2.75) is 25.0 Å². The summed E-state index contributed by atoms with van der Waals surface area (Å²) in [6.07, 6.45) is 4.06. The van der Waals surface area contributed by atoms with Gasteiger partial charge in [-0.3, -0.25) is 4.79 Å². The van der Waals surface area contributed by atoms with Crippen LogP contribution in [0.2, 0.25) is 5.02 Å². The molecule has 28 heavy (non-hydrogen) atoms. The number of imide groups is 1. The summed E-state index contributed by atoms with van der Waals surface area (Å²) in [7, 11) is 0. The highest BCUT2D eigenvalue weighted by molar-refractivity contribution is 6.30. The molecule has 2 aromatic rings. The summed E-state index contributed by atoms with van der Waals surface area (Å²) in [4.78, 5) is 26.7. The normalized spacial score (nSPS) is 18.2. The second kappa shape index (κ2) is 8.92. The number of hydrogen-bond donors (Lipinski definition) is 1. The Balaban J connectivity index is 1.90. The van der Waals surface area contributed by atoms with Gasteiger partial charge in [-0.2, -0.15) is 0 Å². The van der Waals surface area contributed by atoms with Crippen LogP contribution in [0.15, 0.2) is 54.6 Å². The minimum absolute atomic E-state index is 0.0769. The Morgan fingerprint density at radius 3 is 2.57 bits per heavy atom. The second-order valence-electron chi connectivity index (χ2n) is 6.56. The molecule has 0 spiro atoms. The standard InChI is InChI=1S/C22H20ClNO4/c1-2-3-9-18(20(25)16-10-12-17(23)13-11-16)21(26)24-19(14-28-22(24)27)15-7-5-4-6-8-15/h1,4-8,10-13,18-20,25H,3,9,14H2/t18-,19-,20-/m1/s1. The van der Waals surface area contributed by atoms with Crippen LogP contribution in [0.5, 0.6) is 0 Å². The van der Waals surface area contributed by atoms with Crippen LogP contribution < -0.4 is 0 Å². The molecule has 1 heterocycles. The van der Waals surface area contributed by atoms with Crippen molar-refractivity contribution in [1.82, 2.24) is 4.90 Å². The van der Waals surface area contributed by atoms with E-state index >= 15 is 0 Å². The van der Waals surface area contributed by atoms with Gasteiger partial charge in [0.25, 0.3) is 0 Å². The van der Waals surface area contributed by atoms with Crippen molar-refractivity contribution in [3.63, 3.8) is 0 Å². The molecule has 1 aliphatic rings. The third-order valence-corrected chi connectivity index (χ3v) is 5.06. The van der Waals surface area contributed by atoms with Gasteiger partial charge >= 0.3 is 6.09 Å². The molecule has 2 aromatic carbocycles. The van der Waals surface area contributed by atoms with E-state index in [0.717, 1.165) is 10.5 Å². The predicted octanol–water partition coefficient (Wildman–Crippen LogP) is 4.12. The number of ether oxygens (including phenoxy) is 1. The fraction of sp³-hybridized carbons (Fsp3) is 0.273. The molecule has 0 radical (unpaired) electrons. The third kappa shape index (κ3) is 4.19. The number of aliphatic hydroxyl groups excluding tert-OH is 1. The number of benzene rings is 2. The lowest BCUT2D eigenvalue weighted by Gasteiger charge is -2.28. The summed E-state index contributed by atoms with van der Waals surface area (Å²) in [6.45, 7) is 0.0769. The van der Waals surface area contributed by atoms with E-state index in [9.17, 15) is 14.7 Å². The van der Waals surface area contributed by atoms with Crippen LogP contribution in [0, 0.1) is 18.3 Å². The van der Waals surface area contributed by atoms with Crippen LogP contribution in [-0.2, 0) is 9.53 Å². The average molecular weight is 398 g/mol. The van der Waals surface area contributed by atoms with Crippen LogP contribution in [0.1, 0.15) is 36.1 Å². The van der Waals surface area contributed by atoms with E-state index in [1.54, 1.807) is 24.3 Å². The van der Waals surface area contributed by atoms with E-state index in [-0.39, 0.29) is 13.0 Å². The number of amides is 2. The van der Waals surface area contributed by atoms with Gasteiger partial charge in [0.05, 0.1) is 12.0 Å². The van der Waals surface area contributed by atoms with Crippen LogP contribution in [-0.4, -0.2) is 28.6 Å². The Morgan fingerprint density at radius 1 is 1.25 bits per heavy atom. The number of nitrogens with zero attached hydrogens (tertiary/aromatic N) is 1. The summed E-state index contributed by atoms with van der Waals surface area (Å²) >= 11 is 5.91. The molecule has 0 saturated carbocycles. The lowest BCUT2D eigenvalue weighted by molar-refractivity contribution is -0.137. The molecule has 144 valence electrons.